The van der Waals surface area contributed by atoms with Gasteiger partial charge in [-0.15, -0.1) is 0 Å². The summed E-state index contributed by atoms with van der Waals surface area (Å²) in [5.74, 6) is 0.871. The molecular weight excluding hydrogens is 391 g/mol. The zero-order valence-electron chi connectivity index (χ0n) is 18.6. The lowest BCUT2D eigenvalue weighted by atomic mass is 9.83. The van der Waals surface area contributed by atoms with Crippen molar-refractivity contribution in [3.8, 4) is 5.75 Å². The molecular formula is C26H33FN2O2. The number of amides is 1. The van der Waals surface area contributed by atoms with E-state index in [-0.39, 0.29) is 29.3 Å². The number of fused-ring (bicyclic) bond motifs is 1. The van der Waals surface area contributed by atoms with Gasteiger partial charge in [-0.2, -0.15) is 0 Å². The number of ether oxygens (including phenoxy) is 1. The summed E-state index contributed by atoms with van der Waals surface area (Å²) in [6, 6.07) is 15.0. The van der Waals surface area contributed by atoms with Gasteiger partial charge < -0.3 is 10.1 Å². The monoisotopic (exact) mass is 424 g/mol. The summed E-state index contributed by atoms with van der Waals surface area (Å²) < 4.78 is 20.3. The van der Waals surface area contributed by atoms with E-state index < -0.39 is 0 Å². The van der Waals surface area contributed by atoms with Gasteiger partial charge in [0.25, 0.3) is 0 Å². The highest BCUT2D eigenvalue weighted by Gasteiger charge is 2.39. The van der Waals surface area contributed by atoms with Gasteiger partial charge >= 0.3 is 0 Å². The van der Waals surface area contributed by atoms with Crippen LogP contribution in [0.3, 0.4) is 0 Å². The SMILES string of the molecule is CCC1(CC)C[C@@H](NC(=O)C2CCN(Cc3ccccc3F)CC2)c2ccccc2O1. The van der Waals surface area contributed by atoms with Gasteiger partial charge in [0.05, 0.1) is 6.04 Å². The van der Waals surface area contributed by atoms with E-state index in [4.69, 9.17) is 4.74 Å². The highest BCUT2D eigenvalue weighted by Crippen LogP contribution is 2.42. The van der Waals surface area contributed by atoms with E-state index in [1.165, 1.54) is 6.07 Å². The second kappa shape index (κ2) is 9.39. The lowest BCUT2D eigenvalue weighted by Crippen LogP contribution is -2.47. The number of nitrogens with zero attached hydrogens (tertiary/aromatic N) is 1. The number of carbonyl (C=O) groups is 1. The number of piperidine rings is 1. The minimum Gasteiger partial charge on any atom is -0.487 e. The summed E-state index contributed by atoms with van der Waals surface area (Å²) >= 11 is 0. The molecule has 0 spiro atoms. The average molecular weight is 425 g/mol. The van der Waals surface area contributed by atoms with E-state index in [0.717, 1.165) is 62.1 Å². The Hall–Kier alpha value is -2.40. The standard InChI is InChI=1S/C26H33FN2O2/c1-3-26(4-2)17-23(21-10-6-8-12-24(21)31-26)28-25(30)19-13-15-29(16-14-19)18-20-9-5-7-11-22(20)27/h5-12,19,23H,3-4,13-18H2,1-2H3,(H,28,30)/t23-/m1/s1. The van der Waals surface area contributed by atoms with Crippen molar-refractivity contribution in [2.75, 3.05) is 13.1 Å². The van der Waals surface area contributed by atoms with Crippen molar-refractivity contribution in [1.82, 2.24) is 10.2 Å². The molecule has 0 aromatic heterocycles. The van der Waals surface area contributed by atoms with Crippen LogP contribution < -0.4 is 10.1 Å². The van der Waals surface area contributed by atoms with Gasteiger partial charge in [0.2, 0.25) is 5.91 Å². The van der Waals surface area contributed by atoms with Gasteiger partial charge in [-0.1, -0.05) is 50.2 Å². The molecule has 2 heterocycles. The predicted octanol–water partition coefficient (Wildman–Crippen LogP) is 5.24. The molecule has 2 aliphatic rings. The van der Waals surface area contributed by atoms with Crippen LogP contribution in [0.5, 0.6) is 5.75 Å². The van der Waals surface area contributed by atoms with Gasteiger partial charge in [-0.25, -0.2) is 4.39 Å². The molecule has 0 bridgehead atoms. The Morgan fingerprint density at radius 1 is 1.10 bits per heavy atom. The Labute approximate surface area is 184 Å². The van der Waals surface area contributed by atoms with Crippen molar-refractivity contribution in [1.29, 1.82) is 0 Å². The number of para-hydroxylation sites is 1. The van der Waals surface area contributed by atoms with Crippen molar-refractivity contribution in [2.45, 2.75) is 64.1 Å². The molecule has 1 atom stereocenters. The highest BCUT2D eigenvalue weighted by atomic mass is 19.1. The minimum absolute atomic E-state index is 0.00419. The number of carbonyl (C=O) groups excluding carboxylic acids is 1. The first kappa shape index (κ1) is 21.8. The molecule has 1 amide bonds. The number of nitrogens with one attached hydrogen (secondary N) is 1. The van der Waals surface area contributed by atoms with Gasteiger partial charge in [0.15, 0.2) is 0 Å². The van der Waals surface area contributed by atoms with Crippen LogP contribution in [0.4, 0.5) is 4.39 Å². The summed E-state index contributed by atoms with van der Waals surface area (Å²) in [7, 11) is 0. The van der Waals surface area contributed by atoms with Crippen LogP contribution in [0.15, 0.2) is 48.5 Å². The molecule has 4 nitrogen and oxygen atoms in total. The van der Waals surface area contributed by atoms with Crippen molar-refractivity contribution < 1.29 is 13.9 Å². The molecule has 0 radical (unpaired) electrons. The lowest BCUT2D eigenvalue weighted by Gasteiger charge is -2.42. The number of hydrogen-bond donors (Lipinski definition) is 1. The Morgan fingerprint density at radius 3 is 2.48 bits per heavy atom. The Bertz CT molecular complexity index is 904. The lowest BCUT2D eigenvalue weighted by molar-refractivity contribution is -0.128. The van der Waals surface area contributed by atoms with Crippen molar-refractivity contribution >= 4 is 5.91 Å². The van der Waals surface area contributed by atoms with Gasteiger partial charge in [-0.05, 0) is 50.9 Å². The summed E-state index contributed by atoms with van der Waals surface area (Å²) in [6.07, 6.45) is 4.24. The molecule has 4 rings (SSSR count). The third-order valence-electron chi connectivity index (χ3n) is 7.11. The fourth-order valence-corrected chi connectivity index (χ4v) is 4.94. The highest BCUT2D eigenvalue weighted by molar-refractivity contribution is 5.79. The van der Waals surface area contributed by atoms with Crippen LogP contribution in [0.2, 0.25) is 0 Å². The summed E-state index contributed by atoms with van der Waals surface area (Å²) in [5, 5.41) is 3.34. The third kappa shape index (κ3) is 4.77. The van der Waals surface area contributed by atoms with Crippen LogP contribution in [0.1, 0.15) is 63.1 Å². The maximum absolute atomic E-state index is 14.0. The van der Waals surface area contributed by atoms with E-state index >= 15 is 0 Å². The third-order valence-corrected chi connectivity index (χ3v) is 7.11. The molecule has 2 aromatic carbocycles. The smallest absolute Gasteiger partial charge is 0.223 e. The Morgan fingerprint density at radius 2 is 1.77 bits per heavy atom. The fourth-order valence-electron chi connectivity index (χ4n) is 4.94. The number of benzene rings is 2. The normalized spacial score (nSPS) is 21.2. The Balaban J connectivity index is 1.38. The van der Waals surface area contributed by atoms with Crippen LogP contribution in [-0.2, 0) is 11.3 Å². The molecule has 1 fully saturated rings. The Kier molecular flexibility index (Phi) is 6.61. The maximum atomic E-state index is 14.0. The minimum atomic E-state index is -0.227. The molecule has 5 heteroatoms. The average Bonchev–Trinajstić information content (AvgIpc) is 2.81. The molecule has 2 aliphatic heterocycles. The molecule has 0 unspecified atom stereocenters. The first-order chi connectivity index (χ1) is 15.0. The van der Waals surface area contributed by atoms with Crippen LogP contribution in [-0.4, -0.2) is 29.5 Å². The predicted molar refractivity (Wildman–Crippen MR) is 120 cm³/mol. The second-order valence-corrected chi connectivity index (χ2v) is 8.94. The van der Waals surface area contributed by atoms with Crippen LogP contribution in [0, 0.1) is 11.7 Å². The van der Waals surface area contributed by atoms with E-state index in [1.54, 1.807) is 6.07 Å². The topological polar surface area (TPSA) is 41.6 Å². The molecule has 1 saturated heterocycles. The van der Waals surface area contributed by atoms with E-state index in [9.17, 15) is 9.18 Å². The van der Waals surface area contributed by atoms with Gasteiger partial charge in [-0.3, -0.25) is 9.69 Å². The second-order valence-electron chi connectivity index (χ2n) is 8.94. The fraction of sp³-hybridized carbons (Fsp3) is 0.500. The number of likely N-dealkylation sites (tertiary alicyclic amines) is 1. The summed E-state index contributed by atoms with van der Waals surface area (Å²) in [5.41, 5.74) is 1.57. The zero-order valence-corrected chi connectivity index (χ0v) is 18.6. The number of hydrogen-bond acceptors (Lipinski definition) is 3. The van der Waals surface area contributed by atoms with E-state index in [1.807, 2.05) is 30.3 Å². The van der Waals surface area contributed by atoms with Crippen molar-refractivity contribution in [2.24, 2.45) is 5.92 Å². The molecule has 0 saturated carbocycles. The summed E-state index contributed by atoms with van der Waals surface area (Å²) in [4.78, 5) is 15.4. The van der Waals surface area contributed by atoms with Crippen molar-refractivity contribution in [3.63, 3.8) is 0 Å². The quantitative estimate of drug-likeness (QED) is 0.690. The van der Waals surface area contributed by atoms with Gasteiger partial charge in [0.1, 0.15) is 17.2 Å². The molecule has 1 N–H and O–H groups in total. The number of rotatable bonds is 6. The molecule has 166 valence electrons. The van der Waals surface area contributed by atoms with Crippen LogP contribution in [0.25, 0.3) is 0 Å². The van der Waals surface area contributed by atoms with E-state index in [2.05, 4.69) is 30.1 Å². The first-order valence-corrected chi connectivity index (χ1v) is 11.6. The first-order valence-electron chi connectivity index (χ1n) is 11.6. The van der Waals surface area contributed by atoms with Crippen molar-refractivity contribution in [3.05, 3.63) is 65.5 Å². The van der Waals surface area contributed by atoms with Crippen LogP contribution >= 0.6 is 0 Å². The maximum Gasteiger partial charge on any atom is 0.223 e. The summed E-state index contributed by atoms with van der Waals surface area (Å²) in [6.45, 7) is 6.53. The molecule has 31 heavy (non-hydrogen) atoms. The molecule has 0 aliphatic carbocycles. The van der Waals surface area contributed by atoms with E-state index in [0.29, 0.717) is 6.54 Å². The molecule has 2 aromatic rings. The zero-order chi connectivity index (χ0) is 21.8. The van der Waals surface area contributed by atoms with Gasteiger partial charge in [0, 0.05) is 30.0 Å². The number of halogens is 1. The largest absolute Gasteiger partial charge is 0.487 e.